The first-order chi connectivity index (χ1) is 9.87. The second-order valence-electron chi connectivity index (χ2n) is 5.85. The van der Waals surface area contributed by atoms with Gasteiger partial charge in [0.1, 0.15) is 11.1 Å². The Labute approximate surface area is 129 Å². The molecule has 6 heteroatoms. The van der Waals surface area contributed by atoms with Gasteiger partial charge in [-0.05, 0) is 33.3 Å². The summed E-state index contributed by atoms with van der Waals surface area (Å²) in [6, 6.07) is 2.19. The third-order valence-electron chi connectivity index (χ3n) is 4.19. The molecular weight excluding hydrogens is 284 g/mol. The summed E-state index contributed by atoms with van der Waals surface area (Å²) in [5, 5.41) is 16.2. The fourth-order valence-electron chi connectivity index (χ4n) is 2.47. The summed E-state index contributed by atoms with van der Waals surface area (Å²) in [5.74, 6) is -0.0536. The number of nitrogens with one attached hydrogen (secondary N) is 2. The third kappa shape index (κ3) is 3.10. The molecule has 1 amide bonds. The van der Waals surface area contributed by atoms with E-state index >= 15 is 0 Å². The standard InChI is InChI=1S/C15H22N4OS/c1-10-11(2)21-13(12(10)9-16)18-14(20)15(3,4)19-7-5-17-6-8-19/h17H,5-8H2,1-4H3,(H,18,20). The lowest BCUT2D eigenvalue weighted by molar-refractivity contribution is -0.126. The highest BCUT2D eigenvalue weighted by molar-refractivity contribution is 7.16. The van der Waals surface area contributed by atoms with Crippen molar-refractivity contribution >= 4 is 22.2 Å². The van der Waals surface area contributed by atoms with Crippen LogP contribution in [-0.4, -0.2) is 42.5 Å². The van der Waals surface area contributed by atoms with Gasteiger partial charge in [-0.3, -0.25) is 9.69 Å². The SMILES string of the molecule is Cc1sc(NC(=O)C(C)(C)N2CCNCC2)c(C#N)c1C. The van der Waals surface area contributed by atoms with Crippen LogP contribution in [0, 0.1) is 25.2 Å². The largest absolute Gasteiger partial charge is 0.315 e. The van der Waals surface area contributed by atoms with E-state index in [1.54, 1.807) is 0 Å². The Morgan fingerprint density at radius 3 is 2.57 bits per heavy atom. The molecule has 21 heavy (non-hydrogen) atoms. The van der Waals surface area contributed by atoms with E-state index in [1.807, 2.05) is 27.7 Å². The predicted octanol–water partition coefficient (Wildman–Crippen LogP) is 1.86. The first-order valence-corrected chi connectivity index (χ1v) is 7.97. The molecule has 2 N–H and O–H groups in total. The highest BCUT2D eigenvalue weighted by atomic mass is 32.1. The Balaban J connectivity index is 2.17. The molecule has 1 aromatic heterocycles. The molecule has 2 heterocycles. The predicted molar refractivity (Wildman–Crippen MR) is 85.7 cm³/mol. The minimum atomic E-state index is -0.583. The maximum absolute atomic E-state index is 12.6. The number of hydrogen-bond donors (Lipinski definition) is 2. The molecule has 1 fully saturated rings. The maximum atomic E-state index is 12.6. The van der Waals surface area contributed by atoms with E-state index in [-0.39, 0.29) is 5.91 Å². The van der Waals surface area contributed by atoms with Gasteiger partial charge >= 0.3 is 0 Å². The van der Waals surface area contributed by atoms with Crippen LogP contribution < -0.4 is 10.6 Å². The van der Waals surface area contributed by atoms with Crippen molar-refractivity contribution in [2.45, 2.75) is 33.2 Å². The van der Waals surface area contributed by atoms with Crippen molar-refractivity contribution in [2.75, 3.05) is 31.5 Å². The molecule has 2 rings (SSSR count). The highest BCUT2D eigenvalue weighted by Crippen LogP contribution is 2.32. The number of anilines is 1. The van der Waals surface area contributed by atoms with Gasteiger partial charge in [-0.15, -0.1) is 11.3 Å². The molecule has 1 aromatic rings. The molecule has 5 nitrogen and oxygen atoms in total. The average Bonchev–Trinajstić information content (AvgIpc) is 2.74. The number of carbonyl (C=O) groups is 1. The first-order valence-electron chi connectivity index (χ1n) is 7.15. The number of nitriles is 1. The number of hydrogen-bond acceptors (Lipinski definition) is 5. The summed E-state index contributed by atoms with van der Waals surface area (Å²) in [4.78, 5) is 15.9. The lowest BCUT2D eigenvalue weighted by Crippen LogP contribution is -2.58. The van der Waals surface area contributed by atoms with Crippen molar-refractivity contribution < 1.29 is 4.79 Å². The Morgan fingerprint density at radius 2 is 2.00 bits per heavy atom. The van der Waals surface area contributed by atoms with Crippen LogP contribution in [0.5, 0.6) is 0 Å². The lowest BCUT2D eigenvalue weighted by Gasteiger charge is -2.39. The van der Waals surface area contributed by atoms with Crippen LogP contribution in [-0.2, 0) is 4.79 Å². The fraction of sp³-hybridized carbons (Fsp3) is 0.600. The van der Waals surface area contributed by atoms with E-state index in [9.17, 15) is 10.1 Å². The molecule has 0 saturated carbocycles. The van der Waals surface area contributed by atoms with Crippen molar-refractivity contribution in [1.82, 2.24) is 10.2 Å². The van der Waals surface area contributed by atoms with Crippen LogP contribution in [0.15, 0.2) is 0 Å². The zero-order valence-electron chi connectivity index (χ0n) is 13.0. The second kappa shape index (κ2) is 6.14. The Hall–Kier alpha value is -1.42. The topological polar surface area (TPSA) is 68.2 Å². The number of aryl methyl sites for hydroxylation is 1. The van der Waals surface area contributed by atoms with Crippen LogP contribution in [0.3, 0.4) is 0 Å². The Morgan fingerprint density at radius 1 is 1.38 bits per heavy atom. The molecule has 0 radical (unpaired) electrons. The van der Waals surface area contributed by atoms with E-state index in [2.05, 4.69) is 21.6 Å². The zero-order chi connectivity index (χ0) is 15.6. The summed E-state index contributed by atoms with van der Waals surface area (Å²) in [6.45, 7) is 11.3. The van der Waals surface area contributed by atoms with Gasteiger partial charge in [0.05, 0.1) is 11.1 Å². The van der Waals surface area contributed by atoms with Crippen LogP contribution in [0.1, 0.15) is 29.9 Å². The normalized spacial score (nSPS) is 16.5. The van der Waals surface area contributed by atoms with Gasteiger partial charge in [0, 0.05) is 31.1 Å². The molecule has 1 aliphatic rings. The van der Waals surface area contributed by atoms with Gasteiger partial charge in [0.15, 0.2) is 0 Å². The maximum Gasteiger partial charge on any atom is 0.244 e. The number of rotatable bonds is 3. The van der Waals surface area contributed by atoms with Gasteiger partial charge in [0.2, 0.25) is 5.91 Å². The quantitative estimate of drug-likeness (QED) is 0.894. The van der Waals surface area contributed by atoms with Crippen molar-refractivity contribution in [2.24, 2.45) is 0 Å². The fourth-order valence-corrected chi connectivity index (χ4v) is 3.48. The van der Waals surface area contributed by atoms with E-state index < -0.39 is 5.54 Å². The van der Waals surface area contributed by atoms with E-state index in [1.165, 1.54) is 11.3 Å². The van der Waals surface area contributed by atoms with Gasteiger partial charge in [0.25, 0.3) is 0 Å². The van der Waals surface area contributed by atoms with Gasteiger partial charge in [-0.25, -0.2) is 0 Å². The summed E-state index contributed by atoms with van der Waals surface area (Å²) in [7, 11) is 0. The molecule has 0 unspecified atom stereocenters. The lowest BCUT2D eigenvalue weighted by atomic mass is 10.0. The number of piperazine rings is 1. The van der Waals surface area contributed by atoms with Crippen LogP contribution in [0.4, 0.5) is 5.00 Å². The minimum absolute atomic E-state index is 0.0536. The van der Waals surface area contributed by atoms with Gasteiger partial charge < -0.3 is 10.6 Å². The van der Waals surface area contributed by atoms with Crippen LogP contribution in [0.25, 0.3) is 0 Å². The summed E-state index contributed by atoms with van der Waals surface area (Å²) >= 11 is 1.47. The van der Waals surface area contributed by atoms with Crippen LogP contribution in [0.2, 0.25) is 0 Å². The van der Waals surface area contributed by atoms with Crippen molar-refractivity contribution in [3.8, 4) is 6.07 Å². The second-order valence-corrected chi connectivity index (χ2v) is 7.07. The summed E-state index contributed by atoms with van der Waals surface area (Å²) in [5.41, 5.74) is 0.959. The Kier molecular flexibility index (Phi) is 4.67. The molecule has 0 bridgehead atoms. The third-order valence-corrected chi connectivity index (χ3v) is 5.31. The van der Waals surface area contributed by atoms with E-state index in [0.29, 0.717) is 10.6 Å². The molecule has 0 spiro atoms. The van der Waals surface area contributed by atoms with Crippen molar-refractivity contribution in [3.63, 3.8) is 0 Å². The monoisotopic (exact) mass is 306 g/mol. The number of amides is 1. The average molecular weight is 306 g/mol. The molecule has 114 valence electrons. The molecule has 0 aromatic carbocycles. The van der Waals surface area contributed by atoms with E-state index in [4.69, 9.17) is 0 Å². The Bertz CT molecular complexity index is 579. The number of carbonyl (C=O) groups excluding carboxylic acids is 1. The minimum Gasteiger partial charge on any atom is -0.315 e. The molecule has 1 aliphatic heterocycles. The van der Waals surface area contributed by atoms with Gasteiger partial charge in [-0.1, -0.05) is 0 Å². The van der Waals surface area contributed by atoms with E-state index in [0.717, 1.165) is 36.6 Å². The number of nitrogens with zero attached hydrogens (tertiary/aromatic N) is 2. The summed E-state index contributed by atoms with van der Waals surface area (Å²) < 4.78 is 0. The first kappa shape index (κ1) is 16.0. The zero-order valence-corrected chi connectivity index (χ0v) is 13.9. The number of thiophene rings is 1. The van der Waals surface area contributed by atoms with Crippen LogP contribution >= 0.6 is 11.3 Å². The van der Waals surface area contributed by atoms with Gasteiger partial charge in [-0.2, -0.15) is 5.26 Å². The van der Waals surface area contributed by atoms with Crippen molar-refractivity contribution in [1.29, 1.82) is 5.26 Å². The molecule has 0 aliphatic carbocycles. The van der Waals surface area contributed by atoms with Crippen molar-refractivity contribution in [3.05, 3.63) is 16.0 Å². The highest BCUT2D eigenvalue weighted by Gasteiger charge is 2.35. The summed E-state index contributed by atoms with van der Waals surface area (Å²) in [6.07, 6.45) is 0. The molecule has 0 atom stereocenters. The molecule has 1 saturated heterocycles. The molecular formula is C15H22N4OS. The smallest absolute Gasteiger partial charge is 0.244 e.